The molecule has 0 radical (unpaired) electrons. The number of aliphatic imine (C=N–C) groups is 1. The Morgan fingerprint density at radius 3 is 2.80 bits per heavy atom. The van der Waals surface area contributed by atoms with Crippen LogP contribution in [0.15, 0.2) is 59.6 Å². The molecule has 0 aliphatic carbocycles. The van der Waals surface area contributed by atoms with Crippen LogP contribution in [0.1, 0.15) is 36.3 Å². The van der Waals surface area contributed by atoms with Gasteiger partial charge in [0.2, 0.25) is 0 Å². The van der Waals surface area contributed by atoms with Crippen LogP contribution in [0.25, 0.3) is 0 Å². The maximum atomic E-state index is 12.3. The zero-order valence-corrected chi connectivity index (χ0v) is 17.5. The van der Waals surface area contributed by atoms with Crippen LogP contribution in [0, 0.1) is 0 Å². The summed E-state index contributed by atoms with van der Waals surface area (Å²) >= 11 is 0. The molecule has 30 heavy (non-hydrogen) atoms. The molecule has 0 saturated carbocycles. The van der Waals surface area contributed by atoms with Crippen LogP contribution in [-0.4, -0.2) is 49.6 Å². The van der Waals surface area contributed by atoms with Crippen molar-refractivity contribution in [3.8, 4) is 0 Å². The van der Waals surface area contributed by atoms with E-state index in [1.54, 1.807) is 0 Å². The van der Waals surface area contributed by atoms with Gasteiger partial charge in [0.15, 0.2) is 5.96 Å². The summed E-state index contributed by atoms with van der Waals surface area (Å²) < 4.78 is 5.46. The van der Waals surface area contributed by atoms with Gasteiger partial charge in [-0.25, -0.2) is 0 Å². The Bertz CT molecular complexity index is 878. The highest BCUT2D eigenvalue weighted by Gasteiger charge is 2.26. The lowest BCUT2D eigenvalue weighted by Gasteiger charge is -2.22. The SMILES string of the molecule is CN=C(NCc1cccc(NC(=O)C2CCCO2)c1)N1CCC(c2ccccc2)C1. The Kier molecular flexibility index (Phi) is 6.64. The minimum Gasteiger partial charge on any atom is -0.368 e. The van der Waals surface area contributed by atoms with Gasteiger partial charge in [0.25, 0.3) is 5.91 Å². The molecule has 2 saturated heterocycles. The molecule has 1 amide bonds. The van der Waals surface area contributed by atoms with Gasteiger partial charge in [-0.3, -0.25) is 9.79 Å². The molecule has 0 bridgehead atoms. The van der Waals surface area contributed by atoms with E-state index in [0.717, 1.165) is 49.6 Å². The predicted molar refractivity (Wildman–Crippen MR) is 120 cm³/mol. The summed E-state index contributed by atoms with van der Waals surface area (Å²) in [5.74, 6) is 1.40. The van der Waals surface area contributed by atoms with Crippen LogP contribution in [-0.2, 0) is 16.1 Å². The lowest BCUT2D eigenvalue weighted by atomic mass is 9.99. The molecule has 0 aromatic heterocycles. The van der Waals surface area contributed by atoms with E-state index in [4.69, 9.17) is 4.74 Å². The van der Waals surface area contributed by atoms with Crippen LogP contribution in [0.2, 0.25) is 0 Å². The number of hydrogen-bond donors (Lipinski definition) is 2. The summed E-state index contributed by atoms with van der Waals surface area (Å²) in [4.78, 5) is 19.1. The van der Waals surface area contributed by atoms with Gasteiger partial charge in [0.05, 0.1) is 0 Å². The summed E-state index contributed by atoms with van der Waals surface area (Å²) in [6.45, 7) is 3.30. The van der Waals surface area contributed by atoms with E-state index in [0.29, 0.717) is 19.1 Å². The Morgan fingerprint density at radius 2 is 2.03 bits per heavy atom. The number of benzene rings is 2. The predicted octanol–water partition coefficient (Wildman–Crippen LogP) is 3.37. The Morgan fingerprint density at radius 1 is 1.17 bits per heavy atom. The van der Waals surface area contributed by atoms with Crippen molar-refractivity contribution < 1.29 is 9.53 Å². The highest BCUT2D eigenvalue weighted by atomic mass is 16.5. The van der Waals surface area contributed by atoms with Gasteiger partial charge in [-0.05, 0) is 42.5 Å². The first kappa shape index (κ1) is 20.4. The van der Waals surface area contributed by atoms with Gasteiger partial charge in [-0.1, -0.05) is 42.5 Å². The fraction of sp³-hybridized carbons (Fsp3) is 0.417. The van der Waals surface area contributed by atoms with Gasteiger partial charge in [-0.2, -0.15) is 0 Å². The molecular weight excluding hydrogens is 376 g/mol. The number of anilines is 1. The molecule has 158 valence electrons. The summed E-state index contributed by atoms with van der Waals surface area (Å²) in [5.41, 5.74) is 3.29. The van der Waals surface area contributed by atoms with Gasteiger partial charge in [-0.15, -0.1) is 0 Å². The minimum absolute atomic E-state index is 0.0579. The number of guanidine groups is 1. The van der Waals surface area contributed by atoms with Crippen LogP contribution >= 0.6 is 0 Å². The number of nitrogens with one attached hydrogen (secondary N) is 2. The fourth-order valence-corrected chi connectivity index (χ4v) is 4.23. The molecule has 2 unspecified atom stereocenters. The van der Waals surface area contributed by atoms with Crippen molar-refractivity contribution in [3.05, 3.63) is 65.7 Å². The van der Waals surface area contributed by atoms with Crippen molar-refractivity contribution in [2.75, 3.05) is 32.1 Å². The zero-order valence-electron chi connectivity index (χ0n) is 17.5. The number of amides is 1. The van der Waals surface area contributed by atoms with Gasteiger partial charge >= 0.3 is 0 Å². The lowest BCUT2D eigenvalue weighted by Crippen LogP contribution is -2.39. The molecule has 2 aliphatic heterocycles. The molecule has 6 nitrogen and oxygen atoms in total. The molecule has 4 rings (SSSR count). The molecule has 6 heteroatoms. The van der Waals surface area contributed by atoms with E-state index < -0.39 is 0 Å². The number of hydrogen-bond acceptors (Lipinski definition) is 3. The number of rotatable bonds is 5. The monoisotopic (exact) mass is 406 g/mol. The largest absolute Gasteiger partial charge is 0.368 e. The molecule has 2 aliphatic rings. The first-order valence-electron chi connectivity index (χ1n) is 10.7. The van der Waals surface area contributed by atoms with E-state index in [9.17, 15) is 4.79 Å². The third kappa shape index (κ3) is 5.00. The third-order valence-electron chi connectivity index (χ3n) is 5.84. The van der Waals surface area contributed by atoms with Crippen molar-refractivity contribution in [1.82, 2.24) is 10.2 Å². The summed E-state index contributed by atoms with van der Waals surface area (Å²) in [6.07, 6.45) is 2.56. The first-order chi connectivity index (χ1) is 14.7. The number of carbonyl (C=O) groups is 1. The number of carbonyl (C=O) groups excluding carboxylic acids is 1. The number of nitrogens with zero attached hydrogens (tertiary/aromatic N) is 2. The van der Waals surface area contributed by atoms with E-state index in [-0.39, 0.29) is 12.0 Å². The Balaban J connectivity index is 1.31. The summed E-state index contributed by atoms with van der Waals surface area (Å²) in [7, 11) is 1.83. The third-order valence-corrected chi connectivity index (χ3v) is 5.84. The van der Waals surface area contributed by atoms with Gasteiger partial charge < -0.3 is 20.3 Å². The second kappa shape index (κ2) is 9.76. The summed E-state index contributed by atoms with van der Waals surface area (Å²) in [5, 5.41) is 6.45. The van der Waals surface area contributed by atoms with E-state index >= 15 is 0 Å². The second-order valence-electron chi connectivity index (χ2n) is 7.93. The zero-order chi connectivity index (χ0) is 20.8. The molecular formula is C24H30N4O2. The average Bonchev–Trinajstić information content (AvgIpc) is 3.48. The molecule has 2 atom stereocenters. The van der Waals surface area contributed by atoms with Crippen molar-refractivity contribution in [2.24, 2.45) is 4.99 Å². The normalized spacial score (nSPS) is 21.6. The lowest BCUT2D eigenvalue weighted by molar-refractivity contribution is -0.124. The maximum absolute atomic E-state index is 12.3. The molecule has 2 fully saturated rings. The van der Waals surface area contributed by atoms with Crippen LogP contribution in [0.3, 0.4) is 0 Å². The number of likely N-dealkylation sites (tertiary alicyclic amines) is 1. The maximum Gasteiger partial charge on any atom is 0.253 e. The molecule has 2 N–H and O–H groups in total. The van der Waals surface area contributed by atoms with Crippen molar-refractivity contribution in [3.63, 3.8) is 0 Å². The molecule has 2 heterocycles. The van der Waals surface area contributed by atoms with Crippen LogP contribution in [0.4, 0.5) is 5.69 Å². The second-order valence-corrected chi connectivity index (χ2v) is 7.93. The average molecular weight is 407 g/mol. The van der Waals surface area contributed by atoms with E-state index in [1.807, 2.05) is 25.2 Å². The minimum atomic E-state index is -0.321. The van der Waals surface area contributed by atoms with Crippen LogP contribution in [0.5, 0.6) is 0 Å². The molecule has 2 aromatic rings. The van der Waals surface area contributed by atoms with Crippen molar-refractivity contribution in [1.29, 1.82) is 0 Å². The fourth-order valence-electron chi connectivity index (χ4n) is 4.23. The highest BCUT2D eigenvalue weighted by molar-refractivity contribution is 5.94. The van der Waals surface area contributed by atoms with Crippen molar-refractivity contribution >= 4 is 17.6 Å². The highest BCUT2D eigenvalue weighted by Crippen LogP contribution is 2.27. The first-order valence-corrected chi connectivity index (χ1v) is 10.7. The standard InChI is InChI=1S/C24H30N4O2/c1-25-24(28-13-12-20(17-28)19-8-3-2-4-9-19)26-16-18-7-5-10-21(15-18)27-23(29)22-11-6-14-30-22/h2-5,7-10,15,20,22H,6,11-14,16-17H2,1H3,(H,25,26)(H,27,29). The Hall–Kier alpha value is -2.86. The van der Waals surface area contributed by atoms with E-state index in [1.165, 1.54) is 5.56 Å². The topological polar surface area (TPSA) is 66.0 Å². The van der Waals surface area contributed by atoms with E-state index in [2.05, 4.69) is 56.9 Å². The Labute approximate surface area is 178 Å². The van der Waals surface area contributed by atoms with Gasteiger partial charge in [0, 0.05) is 44.9 Å². The molecule has 2 aromatic carbocycles. The number of ether oxygens (including phenoxy) is 1. The molecule has 0 spiro atoms. The van der Waals surface area contributed by atoms with Crippen LogP contribution < -0.4 is 10.6 Å². The van der Waals surface area contributed by atoms with Crippen molar-refractivity contribution in [2.45, 2.75) is 37.8 Å². The summed E-state index contributed by atoms with van der Waals surface area (Å²) in [6, 6.07) is 18.6. The quantitative estimate of drug-likeness (QED) is 0.590. The van der Waals surface area contributed by atoms with Gasteiger partial charge in [0.1, 0.15) is 6.10 Å². The smallest absolute Gasteiger partial charge is 0.253 e.